The molecule has 1 heterocycles. The van der Waals surface area contributed by atoms with Crippen LogP contribution in [-0.2, 0) is 4.74 Å². The molecule has 70 valence electrons. The molecular formula is C10H19NO. The fourth-order valence-corrected chi connectivity index (χ4v) is 3.03. The Bertz CT molecular complexity index is 222. The van der Waals surface area contributed by atoms with Gasteiger partial charge in [-0.15, -0.1) is 0 Å². The molecule has 0 bridgehead atoms. The van der Waals surface area contributed by atoms with Gasteiger partial charge in [-0.2, -0.15) is 0 Å². The van der Waals surface area contributed by atoms with Crippen LogP contribution < -0.4 is 5.73 Å². The smallest absolute Gasteiger partial charge is 0.0706 e. The Hall–Kier alpha value is -0.0800. The van der Waals surface area contributed by atoms with Gasteiger partial charge in [-0.05, 0) is 40.5 Å². The molecule has 12 heavy (non-hydrogen) atoms. The van der Waals surface area contributed by atoms with Gasteiger partial charge in [0.2, 0.25) is 0 Å². The van der Waals surface area contributed by atoms with Crippen LogP contribution >= 0.6 is 0 Å². The summed E-state index contributed by atoms with van der Waals surface area (Å²) in [7, 11) is 0. The van der Waals surface area contributed by atoms with Crippen molar-refractivity contribution in [1.82, 2.24) is 0 Å². The van der Waals surface area contributed by atoms with Crippen molar-refractivity contribution in [3.63, 3.8) is 0 Å². The molecule has 2 unspecified atom stereocenters. The number of rotatable bonds is 0. The third kappa shape index (κ3) is 0.882. The molecule has 2 rings (SSSR count). The van der Waals surface area contributed by atoms with Crippen molar-refractivity contribution in [1.29, 1.82) is 0 Å². The van der Waals surface area contributed by atoms with Crippen molar-refractivity contribution < 1.29 is 4.74 Å². The summed E-state index contributed by atoms with van der Waals surface area (Å²) in [5.41, 5.74) is 6.27. The maximum absolute atomic E-state index is 6.00. The standard InChI is InChI=1S/C10H19NO/c1-8(2)6-10(5-7(10)11)9(3,4)12-8/h7H,5-6,11H2,1-4H3. The minimum absolute atomic E-state index is 0.0179. The second-order valence-electron chi connectivity index (χ2n) is 5.52. The summed E-state index contributed by atoms with van der Waals surface area (Å²) in [6, 6.07) is 0.370. The fourth-order valence-electron chi connectivity index (χ4n) is 3.03. The van der Waals surface area contributed by atoms with Crippen LogP contribution in [0.1, 0.15) is 40.5 Å². The highest BCUT2D eigenvalue weighted by molar-refractivity contribution is 5.20. The lowest BCUT2D eigenvalue weighted by Gasteiger charge is -2.27. The summed E-state index contributed by atoms with van der Waals surface area (Å²) in [6.07, 6.45) is 2.26. The van der Waals surface area contributed by atoms with Crippen molar-refractivity contribution >= 4 is 0 Å². The molecule has 2 nitrogen and oxygen atoms in total. The first-order valence-corrected chi connectivity index (χ1v) is 4.75. The van der Waals surface area contributed by atoms with Crippen LogP contribution in [0.5, 0.6) is 0 Å². The Labute approximate surface area is 74.5 Å². The molecule has 0 aromatic carbocycles. The zero-order valence-corrected chi connectivity index (χ0v) is 8.48. The molecule has 0 amide bonds. The van der Waals surface area contributed by atoms with Gasteiger partial charge in [0.25, 0.3) is 0 Å². The Kier molecular flexibility index (Phi) is 1.33. The maximum atomic E-state index is 6.00. The average molecular weight is 169 g/mol. The molecule has 1 saturated heterocycles. The molecular weight excluding hydrogens is 150 g/mol. The molecule has 2 fully saturated rings. The lowest BCUT2D eigenvalue weighted by Crippen LogP contribution is -2.34. The molecule has 0 aromatic rings. The van der Waals surface area contributed by atoms with Crippen LogP contribution in [0, 0.1) is 5.41 Å². The number of ether oxygens (including phenoxy) is 1. The number of hydrogen-bond donors (Lipinski definition) is 1. The van der Waals surface area contributed by atoms with Gasteiger partial charge in [0.1, 0.15) is 0 Å². The van der Waals surface area contributed by atoms with E-state index in [9.17, 15) is 0 Å². The molecule has 0 aromatic heterocycles. The highest BCUT2D eigenvalue weighted by atomic mass is 16.5. The van der Waals surface area contributed by atoms with Gasteiger partial charge in [-0.3, -0.25) is 0 Å². The van der Waals surface area contributed by atoms with Crippen molar-refractivity contribution in [2.75, 3.05) is 0 Å². The number of hydrogen-bond acceptors (Lipinski definition) is 2. The first-order valence-electron chi connectivity index (χ1n) is 4.75. The minimum Gasteiger partial charge on any atom is -0.369 e. The van der Waals surface area contributed by atoms with E-state index in [4.69, 9.17) is 10.5 Å². The largest absolute Gasteiger partial charge is 0.369 e. The Morgan fingerprint density at radius 3 is 1.92 bits per heavy atom. The van der Waals surface area contributed by atoms with Crippen LogP contribution in [0.25, 0.3) is 0 Å². The van der Waals surface area contributed by atoms with Crippen LogP contribution in [0.15, 0.2) is 0 Å². The third-order valence-electron chi connectivity index (χ3n) is 3.61. The summed E-state index contributed by atoms with van der Waals surface area (Å²) in [6.45, 7) is 8.67. The van der Waals surface area contributed by atoms with Gasteiger partial charge in [-0.1, -0.05) is 0 Å². The van der Waals surface area contributed by atoms with E-state index in [1.807, 2.05) is 0 Å². The van der Waals surface area contributed by atoms with E-state index in [1.54, 1.807) is 0 Å². The molecule has 0 radical (unpaired) electrons. The van der Waals surface area contributed by atoms with Crippen molar-refractivity contribution in [2.24, 2.45) is 11.1 Å². The summed E-state index contributed by atoms with van der Waals surface area (Å²) >= 11 is 0. The van der Waals surface area contributed by atoms with E-state index >= 15 is 0 Å². The summed E-state index contributed by atoms with van der Waals surface area (Å²) < 4.78 is 6.00. The van der Waals surface area contributed by atoms with Crippen molar-refractivity contribution in [3.8, 4) is 0 Å². The number of nitrogens with two attached hydrogens (primary N) is 1. The quantitative estimate of drug-likeness (QED) is 0.599. The van der Waals surface area contributed by atoms with Gasteiger partial charge >= 0.3 is 0 Å². The van der Waals surface area contributed by atoms with E-state index < -0.39 is 0 Å². The van der Waals surface area contributed by atoms with E-state index in [0.29, 0.717) is 6.04 Å². The average Bonchev–Trinajstić information content (AvgIpc) is 2.32. The maximum Gasteiger partial charge on any atom is 0.0706 e. The lowest BCUT2D eigenvalue weighted by atomic mass is 9.83. The Balaban J connectivity index is 2.28. The zero-order chi connectivity index (χ0) is 9.20. The van der Waals surface area contributed by atoms with Gasteiger partial charge in [0.05, 0.1) is 11.2 Å². The minimum atomic E-state index is -0.0179. The highest BCUT2D eigenvalue weighted by Crippen LogP contribution is 2.64. The summed E-state index contributed by atoms with van der Waals surface area (Å²) in [5, 5.41) is 0. The van der Waals surface area contributed by atoms with Gasteiger partial charge in [0, 0.05) is 11.5 Å². The molecule has 1 spiro atoms. The molecule has 2 aliphatic rings. The molecule has 1 saturated carbocycles. The first-order chi connectivity index (χ1) is 5.29. The van der Waals surface area contributed by atoms with Crippen molar-refractivity contribution in [3.05, 3.63) is 0 Å². The fraction of sp³-hybridized carbons (Fsp3) is 1.00. The van der Waals surface area contributed by atoms with Crippen LogP contribution in [0.4, 0.5) is 0 Å². The molecule has 1 aliphatic heterocycles. The summed E-state index contributed by atoms with van der Waals surface area (Å²) in [5.74, 6) is 0. The monoisotopic (exact) mass is 169 g/mol. The Morgan fingerprint density at radius 1 is 1.25 bits per heavy atom. The molecule has 2 heteroatoms. The van der Waals surface area contributed by atoms with Crippen LogP contribution in [-0.4, -0.2) is 17.2 Å². The van der Waals surface area contributed by atoms with E-state index in [1.165, 1.54) is 0 Å². The van der Waals surface area contributed by atoms with Crippen LogP contribution in [0.3, 0.4) is 0 Å². The van der Waals surface area contributed by atoms with Gasteiger partial charge < -0.3 is 10.5 Å². The highest BCUT2D eigenvalue weighted by Gasteiger charge is 2.68. The summed E-state index contributed by atoms with van der Waals surface area (Å²) in [4.78, 5) is 0. The van der Waals surface area contributed by atoms with E-state index in [0.717, 1.165) is 12.8 Å². The predicted molar refractivity (Wildman–Crippen MR) is 48.9 cm³/mol. The van der Waals surface area contributed by atoms with E-state index in [-0.39, 0.29) is 16.6 Å². The second-order valence-corrected chi connectivity index (χ2v) is 5.52. The van der Waals surface area contributed by atoms with Gasteiger partial charge in [-0.25, -0.2) is 0 Å². The zero-order valence-electron chi connectivity index (χ0n) is 8.48. The SMILES string of the molecule is CC1(C)CC2(CC2N)C(C)(C)O1. The lowest BCUT2D eigenvalue weighted by molar-refractivity contribution is -0.0786. The molecule has 1 aliphatic carbocycles. The van der Waals surface area contributed by atoms with Crippen molar-refractivity contribution in [2.45, 2.75) is 57.8 Å². The Morgan fingerprint density at radius 2 is 1.75 bits per heavy atom. The topological polar surface area (TPSA) is 35.2 Å². The van der Waals surface area contributed by atoms with E-state index in [2.05, 4.69) is 27.7 Å². The third-order valence-corrected chi connectivity index (χ3v) is 3.61. The predicted octanol–water partition coefficient (Wildman–Crippen LogP) is 1.68. The molecule has 2 atom stereocenters. The van der Waals surface area contributed by atoms with Crippen LogP contribution in [0.2, 0.25) is 0 Å². The first kappa shape index (κ1) is 8.52. The van der Waals surface area contributed by atoms with Gasteiger partial charge in [0.15, 0.2) is 0 Å². The second kappa shape index (κ2) is 1.88. The molecule has 2 N–H and O–H groups in total. The normalized spacial score (nSPS) is 48.2.